The Morgan fingerprint density at radius 1 is 1.14 bits per heavy atom. The lowest BCUT2D eigenvalue weighted by molar-refractivity contribution is 0.262. The molecule has 0 amide bonds. The van der Waals surface area contributed by atoms with E-state index in [0.29, 0.717) is 45.6 Å². The molecule has 1 atom stereocenters. The number of hydrogen-bond acceptors (Lipinski definition) is 7. The summed E-state index contributed by atoms with van der Waals surface area (Å²) in [5.74, 6) is 8.05. The first-order valence-electron chi connectivity index (χ1n) is 11.8. The fourth-order valence-electron chi connectivity index (χ4n) is 4.30. The van der Waals surface area contributed by atoms with E-state index in [1.807, 2.05) is 30.3 Å². The van der Waals surface area contributed by atoms with Crippen LogP contribution in [-0.4, -0.2) is 39.0 Å². The molecule has 8 heteroatoms. The highest BCUT2D eigenvalue weighted by Crippen LogP contribution is 2.32. The van der Waals surface area contributed by atoms with Gasteiger partial charge in [-0.15, -0.1) is 0 Å². The molecule has 0 bridgehead atoms. The monoisotopic (exact) mass is 498 g/mol. The van der Waals surface area contributed by atoms with Crippen LogP contribution in [0.3, 0.4) is 0 Å². The third-order valence-corrected chi connectivity index (χ3v) is 6.95. The normalized spacial score (nSPS) is 17.6. The molecule has 1 aliphatic rings. The first kappa shape index (κ1) is 23.9. The Morgan fingerprint density at radius 3 is 2.72 bits per heavy atom. The van der Waals surface area contributed by atoms with E-state index in [-0.39, 0.29) is 5.54 Å². The quantitative estimate of drug-likeness (QED) is 0.304. The van der Waals surface area contributed by atoms with Crippen molar-refractivity contribution >= 4 is 34.0 Å². The summed E-state index contributed by atoms with van der Waals surface area (Å²) in [5.41, 5.74) is 15.9. The van der Waals surface area contributed by atoms with Crippen molar-refractivity contribution in [3.8, 4) is 29.0 Å². The molecular weight excluding hydrogens is 472 g/mol. The van der Waals surface area contributed by atoms with Crippen LogP contribution in [0.1, 0.15) is 31.0 Å². The van der Waals surface area contributed by atoms with Crippen molar-refractivity contribution in [2.45, 2.75) is 31.9 Å². The van der Waals surface area contributed by atoms with E-state index in [2.05, 4.69) is 40.7 Å². The number of hydrogen-bond donors (Lipinski definition) is 2. The number of likely N-dealkylation sites (tertiary alicyclic amines) is 1. The van der Waals surface area contributed by atoms with E-state index in [1.54, 1.807) is 24.4 Å². The highest BCUT2D eigenvalue weighted by molar-refractivity contribution is 6.32. The van der Waals surface area contributed by atoms with Gasteiger partial charge in [0.2, 0.25) is 0 Å². The van der Waals surface area contributed by atoms with Crippen molar-refractivity contribution in [3.05, 3.63) is 71.0 Å². The molecule has 4 aromatic rings. The number of benzene rings is 2. The van der Waals surface area contributed by atoms with Crippen molar-refractivity contribution in [3.63, 3.8) is 0 Å². The second kappa shape index (κ2) is 9.65. The number of halogens is 1. The second-order valence-electron chi connectivity index (χ2n) is 9.19. The maximum absolute atomic E-state index is 6.51. The molecule has 2 aromatic heterocycles. The van der Waals surface area contributed by atoms with Gasteiger partial charge in [0.05, 0.1) is 21.8 Å². The van der Waals surface area contributed by atoms with Gasteiger partial charge in [0.1, 0.15) is 18.2 Å². The van der Waals surface area contributed by atoms with Gasteiger partial charge in [0.25, 0.3) is 0 Å². The molecule has 3 heterocycles. The van der Waals surface area contributed by atoms with Crippen LogP contribution in [0, 0.1) is 11.8 Å². The summed E-state index contributed by atoms with van der Waals surface area (Å²) in [6.07, 6.45) is 3.89. The van der Waals surface area contributed by atoms with Crippen molar-refractivity contribution in [2.24, 2.45) is 0 Å². The molecule has 1 fully saturated rings. The zero-order valence-corrected chi connectivity index (χ0v) is 21.0. The number of nitrogens with zero attached hydrogens (tertiary/aromatic N) is 4. The lowest BCUT2D eigenvalue weighted by atomic mass is 9.99. The van der Waals surface area contributed by atoms with Crippen LogP contribution >= 0.6 is 11.6 Å². The summed E-state index contributed by atoms with van der Waals surface area (Å²) >= 11 is 6.51. The van der Waals surface area contributed by atoms with Crippen LogP contribution in [-0.2, 0) is 6.61 Å². The Kier molecular flexibility index (Phi) is 6.40. The second-order valence-corrected chi connectivity index (χ2v) is 9.60. The van der Waals surface area contributed by atoms with Crippen molar-refractivity contribution in [1.82, 2.24) is 19.9 Å². The zero-order chi connectivity index (χ0) is 25.3. The first-order valence-corrected chi connectivity index (χ1v) is 12.1. The van der Waals surface area contributed by atoms with Crippen LogP contribution in [0.15, 0.2) is 54.7 Å². The first-order chi connectivity index (χ1) is 17.3. The van der Waals surface area contributed by atoms with Gasteiger partial charge < -0.3 is 16.2 Å². The van der Waals surface area contributed by atoms with E-state index in [0.717, 1.165) is 36.2 Å². The summed E-state index contributed by atoms with van der Waals surface area (Å²) in [6.45, 7) is 3.52. The molecule has 1 unspecified atom stereocenters. The van der Waals surface area contributed by atoms with Crippen molar-refractivity contribution in [2.75, 3.05) is 25.1 Å². The molecule has 36 heavy (non-hydrogen) atoms. The number of anilines is 2. The SMILES string of the molecule is CN1CCCC1(C)C#Cc1cc2nc(-c3ccc(OCc4ccccn4)c(Cl)c3)nc(N)c2cc1N. The van der Waals surface area contributed by atoms with Gasteiger partial charge in [-0.1, -0.05) is 29.5 Å². The van der Waals surface area contributed by atoms with E-state index >= 15 is 0 Å². The number of fused-ring (bicyclic) bond motifs is 1. The van der Waals surface area contributed by atoms with E-state index in [1.165, 1.54) is 0 Å². The van der Waals surface area contributed by atoms with Crippen LogP contribution in [0.25, 0.3) is 22.3 Å². The van der Waals surface area contributed by atoms with Gasteiger partial charge in [-0.3, -0.25) is 9.88 Å². The lowest BCUT2D eigenvalue weighted by Gasteiger charge is -2.26. The molecule has 4 N–H and O–H groups in total. The van der Waals surface area contributed by atoms with E-state index in [9.17, 15) is 0 Å². The fourth-order valence-corrected chi connectivity index (χ4v) is 4.54. The minimum atomic E-state index is -0.158. The maximum atomic E-state index is 6.51. The molecule has 182 valence electrons. The summed E-state index contributed by atoms with van der Waals surface area (Å²) < 4.78 is 5.83. The number of ether oxygens (including phenoxy) is 1. The zero-order valence-electron chi connectivity index (χ0n) is 20.3. The third kappa shape index (κ3) is 4.78. The number of nitrogens with two attached hydrogens (primary N) is 2. The molecule has 0 saturated carbocycles. The predicted octanol–water partition coefficient (Wildman–Crippen LogP) is 4.92. The van der Waals surface area contributed by atoms with Crippen LogP contribution in [0.2, 0.25) is 5.02 Å². The topological polar surface area (TPSA) is 103 Å². The van der Waals surface area contributed by atoms with Crippen molar-refractivity contribution < 1.29 is 4.74 Å². The van der Waals surface area contributed by atoms with Crippen LogP contribution < -0.4 is 16.2 Å². The molecule has 0 spiro atoms. The standard InChI is InChI=1S/C28H27ClN6O/c1-28(10-5-13-35(28)2)11-9-18-15-24-21(16-23(18)30)26(31)34-27(33-24)19-7-8-25(22(29)14-19)36-17-20-6-3-4-12-32-20/h3-4,6-8,12,14-16H,5,10,13,17,30H2,1-2H3,(H2,31,33,34). The molecule has 7 nitrogen and oxygen atoms in total. The maximum Gasteiger partial charge on any atom is 0.162 e. The molecule has 2 aromatic carbocycles. The highest BCUT2D eigenvalue weighted by atomic mass is 35.5. The molecular formula is C28H27ClN6O. The fraction of sp³-hybridized carbons (Fsp3) is 0.250. The summed E-state index contributed by atoms with van der Waals surface area (Å²) in [6, 6.07) is 14.8. The Hall–Kier alpha value is -3.86. The summed E-state index contributed by atoms with van der Waals surface area (Å²) in [4.78, 5) is 15.8. The molecule has 1 aliphatic heterocycles. The number of pyridine rings is 1. The number of nitrogen functional groups attached to an aromatic ring is 2. The molecule has 0 radical (unpaired) electrons. The van der Waals surface area contributed by atoms with Crippen LogP contribution in [0.4, 0.5) is 11.5 Å². The number of aromatic nitrogens is 3. The van der Waals surface area contributed by atoms with E-state index in [4.69, 9.17) is 32.8 Å². The van der Waals surface area contributed by atoms with Gasteiger partial charge >= 0.3 is 0 Å². The average molecular weight is 499 g/mol. The summed E-state index contributed by atoms with van der Waals surface area (Å²) in [7, 11) is 2.10. The van der Waals surface area contributed by atoms with Gasteiger partial charge in [-0.2, -0.15) is 0 Å². The van der Waals surface area contributed by atoms with Gasteiger partial charge in [-0.05, 0) is 75.8 Å². The van der Waals surface area contributed by atoms with Crippen molar-refractivity contribution in [1.29, 1.82) is 0 Å². The summed E-state index contributed by atoms with van der Waals surface area (Å²) in [5, 5.41) is 1.14. The Labute approximate surface area is 215 Å². The number of rotatable bonds is 4. The minimum Gasteiger partial charge on any atom is -0.486 e. The highest BCUT2D eigenvalue weighted by Gasteiger charge is 2.31. The average Bonchev–Trinajstić information content (AvgIpc) is 3.21. The molecule has 1 saturated heterocycles. The van der Waals surface area contributed by atoms with Gasteiger partial charge in [0, 0.05) is 28.4 Å². The third-order valence-electron chi connectivity index (χ3n) is 6.65. The Bertz CT molecular complexity index is 1500. The Morgan fingerprint density at radius 2 is 2.00 bits per heavy atom. The Balaban J connectivity index is 1.45. The molecule has 5 rings (SSSR count). The van der Waals surface area contributed by atoms with Gasteiger partial charge in [0.15, 0.2) is 5.82 Å². The largest absolute Gasteiger partial charge is 0.486 e. The smallest absolute Gasteiger partial charge is 0.162 e. The van der Waals surface area contributed by atoms with Gasteiger partial charge in [-0.25, -0.2) is 9.97 Å². The minimum absolute atomic E-state index is 0.158. The van der Waals surface area contributed by atoms with Crippen LogP contribution in [0.5, 0.6) is 5.75 Å². The lowest BCUT2D eigenvalue weighted by Crippen LogP contribution is -2.36. The van der Waals surface area contributed by atoms with E-state index < -0.39 is 0 Å². The predicted molar refractivity (Wildman–Crippen MR) is 145 cm³/mol. The molecule has 0 aliphatic carbocycles.